The number of amides is 2. The molecule has 92 valence electrons. The van der Waals surface area contributed by atoms with Crippen molar-refractivity contribution < 1.29 is 9.59 Å². The smallest absolute Gasteiger partial charge is 0.241 e. The molecule has 0 atom stereocenters. The number of hydrogen-bond acceptors (Lipinski definition) is 3. The van der Waals surface area contributed by atoms with E-state index in [1.807, 2.05) is 0 Å². The fourth-order valence-corrected chi connectivity index (χ4v) is 2.06. The Bertz CT molecular complexity index is 250. The van der Waals surface area contributed by atoms with Crippen LogP contribution < -0.4 is 11.1 Å². The molecule has 2 amide bonds. The van der Waals surface area contributed by atoms with Gasteiger partial charge < -0.3 is 16.0 Å². The summed E-state index contributed by atoms with van der Waals surface area (Å²) >= 11 is 0. The zero-order chi connectivity index (χ0) is 12.0. The van der Waals surface area contributed by atoms with Crippen molar-refractivity contribution >= 4 is 11.8 Å². The van der Waals surface area contributed by atoms with Crippen LogP contribution in [0.5, 0.6) is 0 Å². The summed E-state index contributed by atoms with van der Waals surface area (Å²) in [5.74, 6) is 0.301. The maximum atomic E-state index is 11.6. The number of hydrogen-bond donors (Lipinski definition) is 2. The Labute approximate surface area is 96.4 Å². The summed E-state index contributed by atoms with van der Waals surface area (Å²) < 4.78 is 0. The summed E-state index contributed by atoms with van der Waals surface area (Å²) in [6.45, 7) is 0.788. The Hall–Kier alpha value is -1.10. The lowest BCUT2D eigenvalue weighted by molar-refractivity contribution is -0.131. The zero-order valence-electron chi connectivity index (χ0n) is 9.87. The molecular weight excluding hydrogens is 206 g/mol. The minimum atomic E-state index is -0.289. The van der Waals surface area contributed by atoms with Crippen molar-refractivity contribution in [3.05, 3.63) is 0 Å². The predicted molar refractivity (Wildman–Crippen MR) is 61.7 cm³/mol. The van der Waals surface area contributed by atoms with Crippen LogP contribution in [-0.2, 0) is 9.59 Å². The van der Waals surface area contributed by atoms with E-state index in [2.05, 4.69) is 5.32 Å². The molecule has 0 aromatic rings. The molecule has 0 aromatic carbocycles. The molecule has 1 saturated carbocycles. The molecule has 5 heteroatoms. The Kier molecular flexibility index (Phi) is 5.25. The number of nitrogens with zero attached hydrogens (tertiary/aromatic N) is 1. The van der Waals surface area contributed by atoms with Crippen LogP contribution in [0.4, 0.5) is 0 Å². The number of carbonyl (C=O) groups is 2. The monoisotopic (exact) mass is 227 g/mol. The van der Waals surface area contributed by atoms with Crippen LogP contribution in [0.1, 0.15) is 25.7 Å². The highest BCUT2D eigenvalue weighted by Gasteiger charge is 2.19. The van der Waals surface area contributed by atoms with Crippen LogP contribution in [0.2, 0.25) is 0 Å². The fourth-order valence-electron chi connectivity index (χ4n) is 2.06. The largest absolute Gasteiger partial charge is 0.346 e. The number of carbonyl (C=O) groups excluding carboxylic acids is 2. The Morgan fingerprint density at radius 3 is 2.56 bits per heavy atom. The summed E-state index contributed by atoms with van der Waals surface area (Å²) in [5.41, 5.74) is 5.13. The molecule has 0 spiro atoms. The van der Waals surface area contributed by atoms with Gasteiger partial charge in [-0.15, -0.1) is 0 Å². The summed E-state index contributed by atoms with van der Waals surface area (Å²) in [7, 11) is 1.79. The predicted octanol–water partition coefficient (Wildman–Crippen LogP) is -0.290. The van der Waals surface area contributed by atoms with Crippen LogP contribution in [0.15, 0.2) is 0 Å². The number of likely N-dealkylation sites (N-methyl/N-ethyl adjacent to an activating group) is 1. The molecule has 1 aliphatic rings. The number of nitrogens with two attached hydrogens (primary N) is 1. The van der Waals surface area contributed by atoms with Crippen LogP contribution >= 0.6 is 0 Å². The van der Waals surface area contributed by atoms with Gasteiger partial charge in [0.2, 0.25) is 11.8 Å². The molecule has 1 rings (SSSR count). The van der Waals surface area contributed by atoms with Crippen molar-refractivity contribution in [1.82, 2.24) is 10.2 Å². The maximum absolute atomic E-state index is 11.6. The molecule has 0 aromatic heterocycles. The van der Waals surface area contributed by atoms with E-state index in [1.165, 1.54) is 25.7 Å². The van der Waals surface area contributed by atoms with Gasteiger partial charge in [-0.2, -0.15) is 0 Å². The van der Waals surface area contributed by atoms with Gasteiger partial charge in [-0.1, -0.05) is 12.8 Å². The Morgan fingerprint density at radius 2 is 2.00 bits per heavy atom. The second kappa shape index (κ2) is 6.48. The lowest BCUT2D eigenvalue weighted by Gasteiger charge is -2.21. The van der Waals surface area contributed by atoms with Crippen LogP contribution in [0, 0.1) is 5.92 Å². The van der Waals surface area contributed by atoms with Gasteiger partial charge in [0, 0.05) is 13.6 Å². The van der Waals surface area contributed by atoms with Crippen molar-refractivity contribution in [2.45, 2.75) is 25.7 Å². The fraction of sp³-hybridized carbons (Fsp3) is 0.818. The summed E-state index contributed by atoms with van der Waals surface area (Å²) in [5, 5.41) is 2.48. The second-order valence-corrected chi connectivity index (χ2v) is 4.41. The third-order valence-electron chi connectivity index (χ3n) is 3.05. The first kappa shape index (κ1) is 13.0. The maximum Gasteiger partial charge on any atom is 0.241 e. The summed E-state index contributed by atoms with van der Waals surface area (Å²) in [4.78, 5) is 24.2. The van der Waals surface area contributed by atoms with E-state index >= 15 is 0 Å². The molecule has 1 fully saturated rings. The van der Waals surface area contributed by atoms with Gasteiger partial charge in [-0.25, -0.2) is 0 Å². The van der Waals surface area contributed by atoms with Gasteiger partial charge >= 0.3 is 0 Å². The molecule has 0 radical (unpaired) electrons. The van der Waals surface area contributed by atoms with Gasteiger partial charge in [0.25, 0.3) is 0 Å². The van der Waals surface area contributed by atoms with Gasteiger partial charge in [0.05, 0.1) is 13.1 Å². The molecule has 0 heterocycles. The highest BCUT2D eigenvalue weighted by atomic mass is 16.2. The molecule has 16 heavy (non-hydrogen) atoms. The molecule has 5 nitrogen and oxygen atoms in total. The average Bonchev–Trinajstić information content (AvgIpc) is 2.77. The second-order valence-electron chi connectivity index (χ2n) is 4.41. The highest BCUT2D eigenvalue weighted by Crippen LogP contribution is 2.24. The van der Waals surface area contributed by atoms with Gasteiger partial charge in [-0.05, 0) is 18.8 Å². The van der Waals surface area contributed by atoms with Crippen molar-refractivity contribution in [2.75, 3.05) is 26.7 Å². The highest BCUT2D eigenvalue weighted by molar-refractivity contribution is 5.85. The van der Waals surface area contributed by atoms with E-state index in [9.17, 15) is 9.59 Å². The van der Waals surface area contributed by atoms with Crippen molar-refractivity contribution in [1.29, 1.82) is 0 Å². The number of nitrogens with one attached hydrogen (secondary N) is 1. The normalized spacial score (nSPS) is 16.1. The molecular formula is C11H21N3O2. The minimum absolute atomic E-state index is 0.0475. The third kappa shape index (κ3) is 4.18. The first-order valence-corrected chi connectivity index (χ1v) is 5.84. The van der Waals surface area contributed by atoms with Crippen LogP contribution in [-0.4, -0.2) is 43.4 Å². The van der Waals surface area contributed by atoms with E-state index < -0.39 is 0 Å². The summed E-state index contributed by atoms with van der Waals surface area (Å²) in [6, 6.07) is 0. The van der Waals surface area contributed by atoms with E-state index in [4.69, 9.17) is 5.73 Å². The molecule has 1 aliphatic carbocycles. The average molecular weight is 227 g/mol. The molecule has 0 saturated heterocycles. The lowest BCUT2D eigenvalue weighted by Crippen LogP contribution is -2.41. The first-order chi connectivity index (χ1) is 7.63. The quantitative estimate of drug-likeness (QED) is 0.677. The van der Waals surface area contributed by atoms with Gasteiger partial charge in [0.1, 0.15) is 0 Å². The van der Waals surface area contributed by atoms with Crippen molar-refractivity contribution in [3.63, 3.8) is 0 Å². The van der Waals surface area contributed by atoms with E-state index in [-0.39, 0.29) is 24.9 Å². The third-order valence-corrected chi connectivity index (χ3v) is 3.05. The summed E-state index contributed by atoms with van der Waals surface area (Å²) in [6.07, 6.45) is 4.98. The van der Waals surface area contributed by atoms with Crippen LogP contribution in [0.25, 0.3) is 0 Å². The molecule has 0 aliphatic heterocycles. The van der Waals surface area contributed by atoms with E-state index in [1.54, 1.807) is 11.9 Å². The minimum Gasteiger partial charge on any atom is -0.346 e. The Morgan fingerprint density at radius 1 is 1.38 bits per heavy atom. The van der Waals surface area contributed by atoms with Gasteiger partial charge in [-0.3, -0.25) is 9.59 Å². The van der Waals surface area contributed by atoms with Crippen LogP contribution in [0.3, 0.4) is 0 Å². The topological polar surface area (TPSA) is 75.4 Å². The van der Waals surface area contributed by atoms with Crippen molar-refractivity contribution in [3.8, 4) is 0 Å². The zero-order valence-corrected chi connectivity index (χ0v) is 9.87. The van der Waals surface area contributed by atoms with Crippen molar-refractivity contribution in [2.24, 2.45) is 11.7 Å². The molecule has 0 bridgehead atoms. The molecule has 3 N–H and O–H groups in total. The van der Waals surface area contributed by atoms with E-state index in [0.717, 1.165) is 6.54 Å². The lowest BCUT2D eigenvalue weighted by atomic mass is 10.1. The number of rotatable bonds is 5. The Balaban J connectivity index is 2.21. The molecule has 0 unspecified atom stereocenters. The van der Waals surface area contributed by atoms with E-state index in [0.29, 0.717) is 5.92 Å². The first-order valence-electron chi connectivity index (χ1n) is 5.84. The SMILES string of the molecule is CN(CC1CCCC1)C(=O)CNC(=O)CN. The van der Waals surface area contributed by atoms with Gasteiger partial charge in [0.15, 0.2) is 0 Å². The standard InChI is InChI=1S/C11H21N3O2/c1-14(8-9-4-2-3-5-9)11(16)7-13-10(15)6-12/h9H,2-8,12H2,1H3,(H,13,15).